The lowest BCUT2D eigenvalue weighted by atomic mass is 10.0. The first-order valence-electron chi connectivity index (χ1n) is 5.93. The van der Waals surface area contributed by atoms with Crippen LogP contribution in [0.25, 0.3) is 10.9 Å². The van der Waals surface area contributed by atoms with Gasteiger partial charge in [0.25, 0.3) is 0 Å². The van der Waals surface area contributed by atoms with Crippen molar-refractivity contribution in [3.05, 3.63) is 44.6 Å². The van der Waals surface area contributed by atoms with Gasteiger partial charge >= 0.3 is 5.69 Å². The van der Waals surface area contributed by atoms with E-state index in [4.69, 9.17) is 11.6 Å². The first-order valence-corrected chi connectivity index (χ1v) is 6.31. The monoisotopic (exact) mass is 300 g/mol. The molecule has 0 aliphatic rings. The molecule has 0 amide bonds. The molecule has 0 bridgehead atoms. The lowest BCUT2D eigenvalue weighted by Crippen LogP contribution is -2.05. The Bertz CT molecular complexity index is 705. The summed E-state index contributed by atoms with van der Waals surface area (Å²) < 4.78 is 27.5. The fraction of sp³-hybridized carbons (Fsp3) is 0.308. The summed E-state index contributed by atoms with van der Waals surface area (Å²) in [5.74, 6) is -1.53. The van der Waals surface area contributed by atoms with Crippen molar-refractivity contribution in [3.63, 3.8) is 0 Å². The van der Waals surface area contributed by atoms with E-state index in [1.165, 1.54) is 0 Å². The number of hydrogen-bond donors (Lipinski definition) is 0. The van der Waals surface area contributed by atoms with E-state index >= 15 is 0 Å². The highest BCUT2D eigenvalue weighted by molar-refractivity contribution is 6.37. The van der Waals surface area contributed by atoms with Gasteiger partial charge < -0.3 is 0 Å². The zero-order chi connectivity index (χ0) is 15.0. The lowest BCUT2D eigenvalue weighted by Gasteiger charge is -2.10. The first-order chi connectivity index (χ1) is 9.32. The molecule has 7 heteroatoms. The summed E-state index contributed by atoms with van der Waals surface area (Å²) in [5.41, 5.74) is -0.680. The minimum absolute atomic E-state index is 0.0614. The summed E-state index contributed by atoms with van der Waals surface area (Å²) in [6.07, 6.45) is 0.252. The number of pyridine rings is 1. The zero-order valence-corrected chi connectivity index (χ0v) is 11.5. The van der Waals surface area contributed by atoms with E-state index in [0.29, 0.717) is 0 Å². The molecule has 1 aromatic carbocycles. The number of hydrogen-bond acceptors (Lipinski definition) is 3. The maximum absolute atomic E-state index is 13.8. The van der Waals surface area contributed by atoms with E-state index in [2.05, 4.69) is 4.98 Å². The number of halogens is 3. The molecule has 4 nitrogen and oxygen atoms in total. The third-order valence-corrected chi connectivity index (χ3v) is 3.18. The van der Waals surface area contributed by atoms with Gasteiger partial charge in [-0.05, 0) is 24.5 Å². The molecule has 0 saturated carbocycles. The topological polar surface area (TPSA) is 56.0 Å². The van der Waals surface area contributed by atoms with Crippen LogP contribution in [0.4, 0.5) is 14.5 Å². The van der Waals surface area contributed by atoms with Crippen LogP contribution in [0.5, 0.6) is 0 Å². The molecule has 0 spiro atoms. The van der Waals surface area contributed by atoms with E-state index < -0.39 is 27.3 Å². The number of nitrogens with zero attached hydrogens (tertiary/aromatic N) is 2. The third-order valence-electron chi connectivity index (χ3n) is 2.81. The molecule has 0 aliphatic heterocycles. The molecule has 2 rings (SSSR count). The van der Waals surface area contributed by atoms with Crippen molar-refractivity contribution in [1.82, 2.24) is 4.98 Å². The summed E-state index contributed by atoms with van der Waals surface area (Å²) >= 11 is 5.91. The molecule has 0 aliphatic carbocycles. The second-order valence-electron chi connectivity index (χ2n) is 4.83. The maximum Gasteiger partial charge on any atom is 0.309 e. The Kier molecular flexibility index (Phi) is 3.85. The molecule has 0 saturated heterocycles. The SMILES string of the molecule is CC(C)Cc1nc2c(F)ccc(F)c2c(Cl)c1[N+](=O)[O-]. The summed E-state index contributed by atoms with van der Waals surface area (Å²) in [6.45, 7) is 3.68. The highest BCUT2D eigenvalue weighted by Gasteiger charge is 2.26. The smallest absolute Gasteiger partial charge is 0.258 e. The van der Waals surface area contributed by atoms with Crippen LogP contribution < -0.4 is 0 Å². The predicted molar refractivity (Wildman–Crippen MR) is 71.9 cm³/mol. The van der Waals surface area contributed by atoms with Gasteiger partial charge in [0.2, 0.25) is 0 Å². The minimum atomic E-state index is -0.835. The van der Waals surface area contributed by atoms with Crippen molar-refractivity contribution in [1.29, 1.82) is 0 Å². The molecule has 0 atom stereocenters. The number of nitro groups is 1. The molecule has 0 fully saturated rings. The zero-order valence-electron chi connectivity index (χ0n) is 10.8. The normalized spacial score (nSPS) is 11.3. The third kappa shape index (κ3) is 2.43. The van der Waals surface area contributed by atoms with Crippen molar-refractivity contribution in [2.24, 2.45) is 5.92 Å². The standard InChI is InChI=1S/C13H11ClF2N2O2/c1-6(2)5-9-13(18(19)20)11(14)10-7(15)3-4-8(16)12(10)17-9/h3-4,6H,5H2,1-2H3. The largest absolute Gasteiger partial charge is 0.309 e. The summed E-state index contributed by atoms with van der Waals surface area (Å²) in [6, 6.07) is 1.79. The van der Waals surface area contributed by atoms with Crippen molar-refractivity contribution in [2.75, 3.05) is 0 Å². The molecule has 1 heterocycles. The Morgan fingerprint density at radius 3 is 2.50 bits per heavy atom. The Labute approximate surface area is 118 Å². The van der Waals surface area contributed by atoms with E-state index in [-0.39, 0.29) is 28.9 Å². The van der Waals surface area contributed by atoms with Crippen LogP contribution in [0.2, 0.25) is 5.02 Å². The predicted octanol–water partition coefficient (Wildman–Crippen LogP) is 4.27. The molecule has 2 aromatic rings. The van der Waals surface area contributed by atoms with Crippen molar-refractivity contribution in [2.45, 2.75) is 20.3 Å². The Balaban J connectivity index is 2.89. The van der Waals surface area contributed by atoms with Crippen LogP contribution in [-0.2, 0) is 6.42 Å². The lowest BCUT2D eigenvalue weighted by molar-refractivity contribution is -0.385. The number of rotatable bonds is 3. The van der Waals surface area contributed by atoms with Crippen molar-refractivity contribution in [3.8, 4) is 0 Å². The minimum Gasteiger partial charge on any atom is -0.258 e. The summed E-state index contributed by atoms with van der Waals surface area (Å²) in [4.78, 5) is 14.3. The van der Waals surface area contributed by atoms with Crippen LogP contribution in [0.1, 0.15) is 19.5 Å². The van der Waals surface area contributed by atoms with Crippen molar-refractivity contribution < 1.29 is 13.7 Å². The van der Waals surface area contributed by atoms with Crippen LogP contribution in [0.15, 0.2) is 12.1 Å². The number of aromatic nitrogens is 1. The summed E-state index contributed by atoms with van der Waals surface area (Å²) in [7, 11) is 0. The second kappa shape index (κ2) is 5.28. The maximum atomic E-state index is 13.8. The van der Waals surface area contributed by atoms with Crippen LogP contribution in [0, 0.1) is 27.7 Å². The molecule has 0 radical (unpaired) electrons. The highest BCUT2D eigenvalue weighted by Crippen LogP contribution is 2.37. The van der Waals surface area contributed by atoms with Gasteiger partial charge in [0.15, 0.2) is 0 Å². The van der Waals surface area contributed by atoms with Gasteiger partial charge in [-0.25, -0.2) is 13.8 Å². The Morgan fingerprint density at radius 1 is 1.35 bits per heavy atom. The van der Waals surface area contributed by atoms with Gasteiger partial charge in [-0.3, -0.25) is 10.1 Å². The van der Waals surface area contributed by atoms with E-state index in [1.54, 1.807) is 0 Å². The van der Waals surface area contributed by atoms with Crippen LogP contribution in [0.3, 0.4) is 0 Å². The van der Waals surface area contributed by atoms with E-state index in [9.17, 15) is 18.9 Å². The van der Waals surface area contributed by atoms with Gasteiger partial charge in [0.05, 0.1) is 10.3 Å². The fourth-order valence-electron chi connectivity index (χ4n) is 2.01. The van der Waals surface area contributed by atoms with Gasteiger partial charge in [0.1, 0.15) is 27.9 Å². The molecule has 1 aromatic heterocycles. The second-order valence-corrected chi connectivity index (χ2v) is 5.21. The van der Waals surface area contributed by atoms with E-state index in [0.717, 1.165) is 12.1 Å². The average molecular weight is 301 g/mol. The van der Waals surface area contributed by atoms with Gasteiger partial charge in [-0.1, -0.05) is 25.4 Å². The van der Waals surface area contributed by atoms with Gasteiger partial charge in [-0.15, -0.1) is 0 Å². The molecule has 20 heavy (non-hydrogen) atoms. The number of fused-ring (bicyclic) bond motifs is 1. The average Bonchev–Trinajstić information content (AvgIpc) is 2.32. The Morgan fingerprint density at radius 2 is 1.95 bits per heavy atom. The first kappa shape index (κ1) is 14.6. The van der Waals surface area contributed by atoms with Crippen LogP contribution in [-0.4, -0.2) is 9.91 Å². The molecule has 106 valence electrons. The number of benzene rings is 1. The molecular formula is C13H11ClF2N2O2. The Hall–Kier alpha value is -1.82. The van der Waals surface area contributed by atoms with E-state index in [1.807, 2.05) is 13.8 Å². The summed E-state index contributed by atoms with van der Waals surface area (Å²) in [5, 5.41) is 10.4. The molecule has 0 unspecified atom stereocenters. The van der Waals surface area contributed by atoms with Crippen LogP contribution >= 0.6 is 11.6 Å². The highest BCUT2D eigenvalue weighted by atomic mass is 35.5. The molecular weight excluding hydrogens is 290 g/mol. The van der Waals surface area contributed by atoms with Gasteiger partial charge in [-0.2, -0.15) is 0 Å². The fourth-order valence-corrected chi connectivity index (χ4v) is 2.36. The molecule has 0 N–H and O–H groups in total. The van der Waals surface area contributed by atoms with Crippen molar-refractivity contribution >= 4 is 28.2 Å². The quantitative estimate of drug-likeness (QED) is 0.628. The van der Waals surface area contributed by atoms with Gasteiger partial charge in [0, 0.05) is 0 Å².